The van der Waals surface area contributed by atoms with Gasteiger partial charge in [0.25, 0.3) is 0 Å². The van der Waals surface area contributed by atoms with Crippen LogP contribution in [-0.2, 0) is 6.54 Å². The largest absolute Gasteiger partial charge is 0.370 e. The lowest BCUT2D eigenvalue weighted by atomic mass is 10.1. The van der Waals surface area contributed by atoms with Crippen LogP contribution in [0.2, 0.25) is 0 Å². The third kappa shape index (κ3) is 4.99. The van der Waals surface area contributed by atoms with Crippen molar-refractivity contribution < 1.29 is 0 Å². The Morgan fingerprint density at radius 2 is 2.27 bits per heavy atom. The van der Waals surface area contributed by atoms with Gasteiger partial charge in [-0.05, 0) is 20.8 Å². The molecule has 0 aliphatic rings. The molecular weight excluding hydrogens is 192 g/mol. The first-order valence-corrected chi connectivity index (χ1v) is 4.89. The summed E-state index contributed by atoms with van der Waals surface area (Å²) in [6.45, 7) is 7.39. The summed E-state index contributed by atoms with van der Waals surface area (Å²) in [5.74, 6) is 0.461. The van der Waals surface area contributed by atoms with Crippen molar-refractivity contribution in [3.8, 4) is 0 Å². The lowest BCUT2D eigenvalue weighted by Gasteiger charge is -2.20. The highest BCUT2D eigenvalue weighted by Gasteiger charge is 2.09. The summed E-state index contributed by atoms with van der Waals surface area (Å²) in [5.41, 5.74) is 5.64. The second kappa shape index (κ2) is 4.77. The first-order valence-electron chi connectivity index (χ1n) is 4.89. The molecule has 0 aromatic carbocycles. The predicted molar refractivity (Wildman–Crippen MR) is 59.4 cm³/mol. The maximum Gasteiger partial charge on any atom is 0.189 e. The van der Waals surface area contributed by atoms with Crippen LogP contribution in [-0.4, -0.2) is 33.0 Å². The van der Waals surface area contributed by atoms with Gasteiger partial charge in [-0.1, -0.05) is 5.21 Å². The zero-order valence-corrected chi connectivity index (χ0v) is 9.44. The number of guanidine groups is 1. The maximum atomic E-state index is 5.69. The highest BCUT2D eigenvalue weighted by atomic mass is 15.4. The van der Waals surface area contributed by atoms with Gasteiger partial charge in [0.1, 0.15) is 0 Å². The van der Waals surface area contributed by atoms with Crippen LogP contribution in [0, 0.1) is 0 Å². The van der Waals surface area contributed by atoms with E-state index in [4.69, 9.17) is 5.73 Å². The van der Waals surface area contributed by atoms with E-state index in [0.717, 1.165) is 0 Å². The van der Waals surface area contributed by atoms with E-state index in [1.165, 1.54) is 0 Å². The number of nitrogens with two attached hydrogens (primary N) is 1. The van der Waals surface area contributed by atoms with E-state index in [0.29, 0.717) is 19.0 Å². The molecule has 0 aliphatic carbocycles. The molecule has 0 radical (unpaired) electrons. The van der Waals surface area contributed by atoms with Crippen molar-refractivity contribution in [3.63, 3.8) is 0 Å². The molecule has 0 atom stereocenters. The average molecular weight is 210 g/mol. The SMILES string of the molecule is CC(C)(C)NC(N)=NCCn1ccnn1. The molecule has 3 N–H and O–H groups in total. The van der Waals surface area contributed by atoms with Gasteiger partial charge in [0.15, 0.2) is 5.96 Å². The second-order valence-electron chi connectivity index (χ2n) is 4.31. The third-order valence-electron chi connectivity index (χ3n) is 1.59. The molecule has 0 fully saturated rings. The van der Waals surface area contributed by atoms with Crippen molar-refractivity contribution in [1.82, 2.24) is 20.3 Å². The van der Waals surface area contributed by atoms with Gasteiger partial charge in [-0.25, -0.2) is 0 Å². The standard InChI is InChI=1S/C9H18N6/c1-9(2,3)13-8(10)11-4-6-15-7-5-12-14-15/h5,7H,4,6H2,1-3H3,(H3,10,11,13). The molecule has 6 heteroatoms. The second-order valence-corrected chi connectivity index (χ2v) is 4.31. The topological polar surface area (TPSA) is 81.1 Å². The molecular formula is C9H18N6. The summed E-state index contributed by atoms with van der Waals surface area (Å²) < 4.78 is 1.72. The van der Waals surface area contributed by atoms with Gasteiger partial charge in [0.05, 0.1) is 19.3 Å². The fourth-order valence-corrected chi connectivity index (χ4v) is 1.05. The Kier molecular flexibility index (Phi) is 3.65. The number of nitrogens with zero attached hydrogens (tertiary/aromatic N) is 4. The molecule has 6 nitrogen and oxygen atoms in total. The van der Waals surface area contributed by atoms with Crippen molar-refractivity contribution in [2.75, 3.05) is 6.54 Å². The van der Waals surface area contributed by atoms with Gasteiger partial charge in [0.2, 0.25) is 0 Å². The monoisotopic (exact) mass is 210 g/mol. The van der Waals surface area contributed by atoms with E-state index in [9.17, 15) is 0 Å². The zero-order chi connectivity index (χ0) is 11.3. The lowest BCUT2D eigenvalue weighted by Crippen LogP contribution is -2.45. The number of aromatic nitrogens is 3. The van der Waals surface area contributed by atoms with Gasteiger partial charge in [-0.2, -0.15) is 0 Å². The minimum atomic E-state index is -0.0547. The summed E-state index contributed by atoms with van der Waals surface area (Å²) in [5, 5.41) is 10.6. The minimum Gasteiger partial charge on any atom is -0.370 e. The van der Waals surface area contributed by atoms with Crippen LogP contribution in [0.4, 0.5) is 0 Å². The van der Waals surface area contributed by atoms with Gasteiger partial charge in [-0.3, -0.25) is 9.67 Å². The fourth-order valence-electron chi connectivity index (χ4n) is 1.05. The van der Waals surface area contributed by atoms with Crippen LogP contribution in [0.1, 0.15) is 20.8 Å². The Morgan fingerprint density at radius 1 is 1.53 bits per heavy atom. The van der Waals surface area contributed by atoms with E-state index >= 15 is 0 Å². The van der Waals surface area contributed by atoms with Gasteiger partial charge in [-0.15, -0.1) is 5.10 Å². The van der Waals surface area contributed by atoms with E-state index < -0.39 is 0 Å². The molecule has 15 heavy (non-hydrogen) atoms. The maximum absolute atomic E-state index is 5.69. The molecule has 1 heterocycles. The van der Waals surface area contributed by atoms with Crippen molar-refractivity contribution in [3.05, 3.63) is 12.4 Å². The molecule has 0 unspecified atom stereocenters. The smallest absolute Gasteiger partial charge is 0.189 e. The average Bonchev–Trinajstić information content (AvgIpc) is 2.53. The van der Waals surface area contributed by atoms with Gasteiger partial charge >= 0.3 is 0 Å². The van der Waals surface area contributed by atoms with E-state index in [-0.39, 0.29) is 5.54 Å². The number of hydrogen-bond donors (Lipinski definition) is 2. The Morgan fingerprint density at radius 3 is 2.80 bits per heavy atom. The van der Waals surface area contributed by atoms with Crippen LogP contribution in [0.25, 0.3) is 0 Å². The Labute approximate surface area is 89.6 Å². The van der Waals surface area contributed by atoms with Crippen LogP contribution < -0.4 is 11.1 Å². The number of rotatable bonds is 3. The summed E-state index contributed by atoms with van der Waals surface area (Å²) in [6, 6.07) is 0. The van der Waals surface area contributed by atoms with Crippen molar-refractivity contribution in [2.45, 2.75) is 32.9 Å². The molecule has 0 spiro atoms. The first-order chi connectivity index (χ1) is 6.97. The van der Waals surface area contributed by atoms with Crippen LogP contribution in [0.3, 0.4) is 0 Å². The number of nitrogens with one attached hydrogen (secondary N) is 1. The third-order valence-corrected chi connectivity index (χ3v) is 1.59. The molecule has 0 saturated carbocycles. The molecule has 1 aromatic rings. The molecule has 1 aromatic heterocycles. The highest BCUT2D eigenvalue weighted by molar-refractivity contribution is 5.78. The zero-order valence-electron chi connectivity index (χ0n) is 9.44. The molecule has 0 saturated heterocycles. The summed E-state index contributed by atoms with van der Waals surface area (Å²) in [6.07, 6.45) is 3.43. The molecule has 0 bridgehead atoms. The summed E-state index contributed by atoms with van der Waals surface area (Å²) >= 11 is 0. The van der Waals surface area contributed by atoms with Crippen molar-refractivity contribution in [2.24, 2.45) is 10.7 Å². The van der Waals surface area contributed by atoms with Gasteiger partial charge in [0, 0.05) is 11.7 Å². The number of hydrogen-bond acceptors (Lipinski definition) is 3. The van der Waals surface area contributed by atoms with Crippen LogP contribution in [0.5, 0.6) is 0 Å². The van der Waals surface area contributed by atoms with Crippen molar-refractivity contribution in [1.29, 1.82) is 0 Å². The van der Waals surface area contributed by atoms with Crippen LogP contribution in [0.15, 0.2) is 17.4 Å². The van der Waals surface area contributed by atoms with Crippen molar-refractivity contribution >= 4 is 5.96 Å². The van der Waals surface area contributed by atoms with Gasteiger partial charge < -0.3 is 11.1 Å². The Hall–Kier alpha value is -1.59. The Balaban J connectivity index is 2.32. The lowest BCUT2D eigenvalue weighted by molar-refractivity contribution is 0.507. The summed E-state index contributed by atoms with van der Waals surface area (Å²) in [4.78, 5) is 4.18. The van der Waals surface area contributed by atoms with E-state index in [1.54, 1.807) is 17.1 Å². The van der Waals surface area contributed by atoms with Crippen LogP contribution >= 0.6 is 0 Å². The molecule has 0 amide bonds. The highest BCUT2D eigenvalue weighted by Crippen LogP contribution is 1.96. The Bertz CT molecular complexity index is 308. The molecule has 1 rings (SSSR count). The van der Waals surface area contributed by atoms with E-state index in [2.05, 4.69) is 20.6 Å². The quantitative estimate of drug-likeness (QED) is 0.542. The minimum absolute atomic E-state index is 0.0547. The predicted octanol–water partition coefficient (Wildman–Crippen LogP) is -0.0191. The normalized spacial score (nSPS) is 12.9. The number of aliphatic imine (C=N–C) groups is 1. The summed E-state index contributed by atoms with van der Waals surface area (Å²) in [7, 11) is 0. The molecule has 0 aliphatic heterocycles. The first kappa shape index (κ1) is 11.5. The molecule has 84 valence electrons. The fraction of sp³-hybridized carbons (Fsp3) is 0.667. The van der Waals surface area contributed by atoms with E-state index in [1.807, 2.05) is 20.8 Å².